The van der Waals surface area contributed by atoms with Crippen LogP contribution in [0.25, 0.3) is 16.7 Å². The van der Waals surface area contributed by atoms with Gasteiger partial charge in [-0.1, -0.05) is 0 Å². The summed E-state index contributed by atoms with van der Waals surface area (Å²) in [6.45, 7) is 28.4. The van der Waals surface area contributed by atoms with E-state index in [9.17, 15) is 0 Å². The Morgan fingerprint density at radius 1 is 0.660 bits per heavy atom. The molecule has 0 fully saturated rings. The summed E-state index contributed by atoms with van der Waals surface area (Å²) in [5.74, 6) is 0. The number of fused-ring (bicyclic) bond motifs is 3. The van der Waals surface area contributed by atoms with Crippen molar-refractivity contribution >= 4 is 48.6 Å². The minimum absolute atomic E-state index is 0. The third-order valence-corrected chi connectivity index (χ3v) is 20.9. The number of rotatable bonds is 9. The number of hydrogen-bond acceptors (Lipinski definition) is 0. The van der Waals surface area contributed by atoms with E-state index in [4.69, 9.17) is 0 Å². The van der Waals surface area contributed by atoms with E-state index in [1.807, 2.05) is 5.19 Å². The fourth-order valence-electron chi connectivity index (χ4n) is 8.32. The van der Waals surface area contributed by atoms with Gasteiger partial charge in [-0.3, -0.25) is 0 Å². The van der Waals surface area contributed by atoms with Gasteiger partial charge in [-0.2, -0.15) is 0 Å². The zero-order valence-electron chi connectivity index (χ0n) is 32.1. The van der Waals surface area contributed by atoms with E-state index in [1.165, 1.54) is 16.7 Å². The third kappa shape index (κ3) is 7.69. The van der Waals surface area contributed by atoms with E-state index in [2.05, 4.69) is 164 Å². The van der Waals surface area contributed by atoms with Gasteiger partial charge in [0.2, 0.25) is 0 Å². The third-order valence-electron chi connectivity index (χ3n) is 10.3. The van der Waals surface area contributed by atoms with Gasteiger partial charge in [0.1, 0.15) is 0 Å². The molecule has 0 spiro atoms. The van der Waals surface area contributed by atoms with Crippen molar-refractivity contribution in [2.24, 2.45) is 0 Å². The molecule has 4 aromatic carbocycles. The summed E-state index contributed by atoms with van der Waals surface area (Å²) in [4.78, 5) is 0. The second kappa shape index (κ2) is 15.8. The molecular weight excluding hydrogens is 775 g/mol. The minimum atomic E-state index is -1.80. The van der Waals surface area contributed by atoms with Gasteiger partial charge in [-0.15, -0.1) is 0 Å². The summed E-state index contributed by atoms with van der Waals surface area (Å²) in [5.41, 5.74) is 16.1. The first-order valence-electron chi connectivity index (χ1n) is 18.2. The van der Waals surface area contributed by atoms with E-state index in [0.717, 1.165) is 19.3 Å². The number of hydrogen-bond donors (Lipinski definition) is 0. The largest absolute Gasteiger partial charge is 1.00 e. The van der Waals surface area contributed by atoms with Crippen LogP contribution < -0.4 is 40.4 Å². The molecule has 4 aromatic rings. The first-order valence-corrected chi connectivity index (χ1v) is 31.3. The first kappa shape index (κ1) is 41.1. The summed E-state index contributed by atoms with van der Waals surface area (Å²) < 4.78 is 2.11. The van der Waals surface area contributed by atoms with Gasteiger partial charge in [0.25, 0.3) is 0 Å². The van der Waals surface area contributed by atoms with Crippen molar-refractivity contribution in [3.63, 3.8) is 0 Å². The number of halogens is 2. The summed E-state index contributed by atoms with van der Waals surface area (Å²) in [7, 11) is -5.24. The smallest absolute Gasteiger partial charge is 1.00 e. The molecule has 0 amide bonds. The monoisotopic (exact) mass is 827 g/mol. The van der Waals surface area contributed by atoms with E-state index in [0.29, 0.717) is 3.63 Å². The summed E-state index contributed by atoms with van der Waals surface area (Å²) in [6.07, 6.45) is 10.5. The molecule has 0 heterocycles. The number of allylic oxidation sites excluding steroid dienone is 4. The maximum Gasteiger partial charge on any atom is -1.00 e. The SMILES string of the molecule is CCc1cc2c(c([Si](C)(C)C)c1)-c1c(c(C3=CC=CC3)c(CC)c([Si](C)(C)C)c1[Si](C)(C)C)[CH]2[Zr+2]=[C](c1ccccc1)c1ccccc1.[Cl-].[Cl-]. The quantitative estimate of drug-likeness (QED) is 0.222. The molecule has 6 rings (SSSR count). The van der Waals surface area contributed by atoms with Crippen LogP contribution in [-0.4, -0.2) is 27.4 Å². The molecule has 0 radical (unpaired) electrons. The molecule has 0 bridgehead atoms. The topological polar surface area (TPSA) is 0 Å². The molecule has 0 aliphatic heterocycles. The predicted molar refractivity (Wildman–Crippen MR) is 219 cm³/mol. The van der Waals surface area contributed by atoms with Crippen LogP contribution in [0.15, 0.2) is 91.0 Å². The molecule has 0 saturated carbocycles. The van der Waals surface area contributed by atoms with Crippen molar-refractivity contribution in [2.75, 3.05) is 0 Å². The van der Waals surface area contributed by atoms with Crippen molar-refractivity contribution in [3.05, 3.63) is 130 Å². The van der Waals surface area contributed by atoms with E-state index >= 15 is 0 Å². The second-order valence-electron chi connectivity index (χ2n) is 17.0. The summed E-state index contributed by atoms with van der Waals surface area (Å²) in [5, 5.41) is 5.33. The van der Waals surface area contributed by atoms with Crippen LogP contribution >= 0.6 is 0 Å². The Bertz CT molecular complexity index is 1910. The van der Waals surface area contributed by atoms with Crippen molar-refractivity contribution in [1.29, 1.82) is 0 Å². The van der Waals surface area contributed by atoms with Crippen LogP contribution in [0.2, 0.25) is 58.9 Å². The predicted octanol–water partition coefficient (Wildman–Crippen LogP) is 4.22. The molecule has 2 aliphatic rings. The Morgan fingerprint density at radius 3 is 1.66 bits per heavy atom. The Morgan fingerprint density at radius 2 is 1.22 bits per heavy atom. The number of benzene rings is 4. The van der Waals surface area contributed by atoms with Crippen LogP contribution in [0.1, 0.15) is 62.8 Å². The van der Waals surface area contributed by atoms with Crippen LogP contribution in [0.4, 0.5) is 0 Å². The number of aryl methyl sites for hydroxylation is 1. The zero-order valence-corrected chi connectivity index (χ0v) is 39.1. The first-order chi connectivity index (χ1) is 22.7. The molecular formula is C44H55Cl2Si3Zr. The van der Waals surface area contributed by atoms with Crippen molar-refractivity contribution in [2.45, 2.75) is 95.7 Å². The Kier molecular flexibility index (Phi) is 12.9. The molecule has 0 aromatic heterocycles. The van der Waals surface area contributed by atoms with Crippen molar-refractivity contribution in [1.82, 2.24) is 0 Å². The van der Waals surface area contributed by atoms with Crippen LogP contribution in [0, 0.1) is 0 Å². The molecule has 6 heteroatoms. The molecule has 2 aliphatic carbocycles. The molecule has 0 nitrogen and oxygen atoms in total. The zero-order chi connectivity index (χ0) is 34.6. The average Bonchev–Trinajstić information content (AvgIpc) is 3.68. The summed E-state index contributed by atoms with van der Waals surface area (Å²) >= 11 is -1.28. The second-order valence-corrected chi connectivity index (χ2v) is 35.4. The minimum Gasteiger partial charge on any atom is -1.00 e. The van der Waals surface area contributed by atoms with Gasteiger partial charge in [0.15, 0.2) is 0 Å². The molecule has 1 unspecified atom stereocenters. The Labute approximate surface area is 330 Å². The van der Waals surface area contributed by atoms with E-state index < -0.39 is 47.0 Å². The van der Waals surface area contributed by atoms with Gasteiger partial charge < -0.3 is 24.8 Å². The van der Waals surface area contributed by atoms with Crippen LogP contribution in [-0.2, 0) is 35.6 Å². The van der Waals surface area contributed by atoms with Crippen LogP contribution in [0.5, 0.6) is 0 Å². The van der Waals surface area contributed by atoms with Gasteiger partial charge in [0.05, 0.1) is 0 Å². The molecule has 50 heavy (non-hydrogen) atoms. The molecule has 1 atom stereocenters. The fraction of sp³-hybridized carbons (Fsp3) is 0.341. The van der Waals surface area contributed by atoms with Crippen LogP contribution in [0.3, 0.4) is 0 Å². The van der Waals surface area contributed by atoms with Crippen molar-refractivity contribution < 1.29 is 47.6 Å². The average molecular weight is 830 g/mol. The maximum atomic E-state index is 2.69. The molecule has 0 saturated heterocycles. The fourth-order valence-corrected chi connectivity index (χ4v) is 20.6. The van der Waals surface area contributed by atoms with E-state index in [-0.39, 0.29) is 24.8 Å². The van der Waals surface area contributed by atoms with E-state index in [1.54, 1.807) is 52.5 Å². The molecule has 261 valence electrons. The van der Waals surface area contributed by atoms with Gasteiger partial charge in [-0.05, 0) is 0 Å². The normalized spacial score (nSPS) is 15.0. The summed E-state index contributed by atoms with van der Waals surface area (Å²) in [6, 6.07) is 28.2. The Hall–Kier alpha value is -1.66. The standard InChI is InChI=1S/C31H45Si3.C13H10.2ClH.Zr/c1-12-21-18-23-20-25-27(22-16-14-15-17-22)24(13-2)30(33(6,7)8)31(34(9,10)11)29(25)28(23)26(19-21)32(3,4)5;1-3-7-12(8-4-1)11-13-9-5-2-6-10-13;;;/h14-16,18-20H,12-13,17H2,1-11H3;1-10H;2*1H;/q;;;;+2/p-2. The van der Waals surface area contributed by atoms with Gasteiger partial charge in [-0.25, -0.2) is 0 Å². The van der Waals surface area contributed by atoms with Crippen molar-refractivity contribution in [3.8, 4) is 11.1 Å². The Balaban J connectivity index is 0.00000281. The molecule has 0 N–H and O–H groups in total. The van der Waals surface area contributed by atoms with Gasteiger partial charge >= 0.3 is 308 Å². The maximum absolute atomic E-state index is 2.69. The van der Waals surface area contributed by atoms with Gasteiger partial charge in [0, 0.05) is 0 Å².